The SMILES string of the molecule is CCNc1c(F)cccc1C(=O)NCC1CCOC1. The Bertz CT molecular complexity index is 445. The largest absolute Gasteiger partial charge is 0.382 e. The zero-order chi connectivity index (χ0) is 13.7. The molecule has 0 radical (unpaired) electrons. The lowest BCUT2D eigenvalue weighted by molar-refractivity contribution is 0.0945. The first-order valence-corrected chi connectivity index (χ1v) is 6.60. The molecule has 0 aromatic heterocycles. The van der Waals surface area contributed by atoms with Gasteiger partial charge in [0.05, 0.1) is 17.9 Å². The molecule has 0 aliphatic carbocycles. The van der Waals surface area contributed by atoms with Crippen molar-refractivity contribution < 1.29 is 13.9 Å². The van der Waals surface area contributed by atoms with Crippen molar-refractivity contribution in [2.45, 2.75) is 13.3 Å². The molecular formula is C14H19FN2O2. The minimum atomic E-state index is -0.404. The topological polar surface area (TPSA) is 50.4 Å². The number of ether oxygens (including phenoxy) is 1. The maximum atomic E-state index is 13.7. The highest BCUT2D eigenvalue weighted by Crippen LogP contribution is 2.20. The molecule has 0 spiro atoms. The van der Waals surface area contributed by atoms with Crippen LogP contribution in [-0.4, -0.2) is 32.2 Å². The fourth-order valence-electron chi connectivity index (χ4n) is 2.15. The van der Waals surface area contributed by atoms with Gasteiger partial charge in [0.2, 0.25) is 0 Å². The zero-order valence-electron chi connectivity index (χ0n) is 11.0. The molecule has 1 fully saturated rings. The maximum Gasteiger partial charge on any atom is 0.253 e. The summed E-state index contributed by atoms with van der Waals surface area (Å²) in [4.78, 5) is 12.1. The van der Waals surface area contributed by atoms with E-state index in [0.717, 1.165) is 13.0 Å². The van der Waals surface area contributed by atoms with Crippen molar-refractivity contribution in [1.29, 1.82) is 0 Å². The van der Waals surface area contributed by atoms with Gasteiger partial charge in [0.25, 0.3) is 5.91 Å². The van der Waals surface area contributed by atoms with E-state index < -0.39 is 5.82 Å². The Kier molecular flexibility index (Phi) is 4.74. The average Bonchev–Trinajstić information content (AvgIpc) is 2.92. The van der Waals surface area contributed by atoms with Crippen LogP contribution in [0.15, 0.2) is 18.2 Å². The number of amides is 1. The van der Waals surface area contributed by atoms with Crippen molar-refractivity contribution in [2.75, 3.05) is 31.6 Å². The van der Waals surface area contributed by atoms with Crippen molar-refractivity contribution in [3.63, 3.8) is 0 Å². The number of benzene rings is 1. The summed E-state index contributed by atoms with van der Waals surface area (Å²) in [6, 6.07) is 4.52. The highest BCUT2D eigenvalue weighted by Gasteiger charge is 2.19. The van der Waals surface area contributed by atoms with Crippen molar-refractivity contribution in [3.8, 4) is 0 Å². The van der Waals surface area contributed by atoms with Gasteiger partial charge >= 0.3 is 0 Å². The molecule has 1 aliphatic rings. The fraction of sp³-hybridized carbons (Fsp3) is 0.500. The van der Waals surface area contributed by atoms with Gasteiger partial charge in [0.15, 0.2) is 0 Å². The summed E-state index contributed by atoms with van der Waals surface area (Å²) in [6.07, 6.45) is 0.962. The van der Waals surface area contributed by atoms with Crippen molar-refractivity contribution in [1.82, 2.24) is 5.32 Å². The van der Waals surface area contributed by atoms with E-state index in [4.69, 9.17) is 4.74 Å². The van der Waals surface area contributed by atoms with Crippen LogP contribution in [0.1, 0.15) is 23.7 Å². The van der Waals surface area contributed by atoms with Crippen molar-refractivity contribution >= 4 is 11.6 Å². The summed E-state index contributed by atoms with van der Waals surface area (Å²) in [6.45, 7) is 4.44. The molecule has 1 atom stereocenters. The van der Waals surface area contributed by atoms with Crippen LogP contribution in [0.5, 0.6) is 0 Å². The Morgan fingerprint density at radius 3 is 3.05 bits per heavy atom. The first-order valence-electron chi connectivity index (χ1n) is 6.60. The molecule has 2 N–H and O–H groups in total. The standard InChI is InChI=1S/C14H19FN2O2/c1-2-16-13-11(4-3-5-12(13)15)14(18)17-8-10-6-7-19-9-10/h3-5,10,16H,2,6-9H2,1H3,(H,17,18). The van der Waals surface area contributed by atoms with Crippen LogP contribution in [0.3, 0.4) is 0 Å². The number of hydrogen-bond donors (Lipinski definition) is 2. The number of nitrogens with one attached hydrogen (secondary N) is 2. The second-order valence-corrected chi connectivity index (χ2v) is 4.63. The molecule has 1 saturated heterocycles. The van der Waals surface area contributed by atoms with E-state index in [9.17, 15) is 9.18 Å². The van der Waals surface area contributed by atoms with Crippen LogP contribution < -0.4 is 10.6 Å². The van der Waals surface area contributed by atoms with Crippen molar-refractivity contribution in [2.24, 2.45) is 5.92 Å². The lowest BCUT2D eigenvalue weighted by atomic mass is 10.1. The molecule has 4 nitrogen and oxygen atoms in total. The highest BCUT2D eigenvalue weighted by atomic mass is 19.1. The maximum absolute atomic E-state index is 13.7. The van der Waals surface area contributed by atoms with E-state index in [1.54, 1.807) is 12.1 Å². The molecule has 0 bridgehead atoms. The third-order valence-electron chi connectivity index (χ3n) is 3.19. The van der Waals surface area contributed by atoms with Gasteiger partial charge < -0.3 is 15.4 Å². The predicted molar refractivity (Wildman–Crippen MR) is 71.8 cm³/mol. The Balaban J connectivity index is 2.03. The van der Waals surface area contributed by atoms with Gasteiger partial charge in [-0.05, 0) is 25.5 Å². The van der Waals surface area contributed by atoms with Gasteiger partial charge in [-0.1, -0.05) is 6.07 Å². The molecule has 104 valence electrons. The summed E-state index contributed by atoms with van der Waals surface area (Å²) >= 11 is 0. The van der Waals surface area contributed by atoms with Crippen molar-refractivity contribution in [3.05, 3.63) is 29.6 Å². The Hall–Kier alpha value is -1.62. The van der Waals surface area contributed by atoms with Crippen LogP contribution in [0, 0.1) is 11.7 Å². The number of hydrogen-bond acceptors (Lipinski definition) is 3. The van der Waals surface area contributed by atoms with E-state index in [1.807, 2.05) is 6.92 Å². The molecule has 5 heteroatoms. The summed E-state index contributed by atoms with van der Waals surface area (Å²) in [5, 5.41) is 5.73. The molecule has 1 heterocycles. The molecule has 2 rings (SSSR count). The molecule has 1 aromatic rings. The zero-order valence-corrected chi connectivity index (χ0v) is 11.0. The smallest absolute Gasteiger partial charge is 0.253 e. The molecular weight excluding hydrogens is 247 g/mol. The monoisotopic (exact) mass is 266 g/mol. The van der Waals surface area contributed by atoms with Crippen LogP contribution in [0.2, 0.25) is 0 Å². The fourth-order valence-corrected chi connectivity index (χ4v) is 2.15. The second-order valence-electron chi connectivity index (χ2n) is 4.63. The lowest BCUT2D eigenvalue weighted by Gasteiger charge is -2.13. The van der Waals surface area contributed by atoms with E-state index in [0.29, 0.717) is 31.2 Å². The van der Waals surface area contributed by atoms with Crippen LogP contribution in [-0.2, 0) is 4.74 Å². The van der Waals surface area contributed by atoms with E-state index in [1.165, 1.54) is 6.07 Å². The summed E-state index contributed by atoms with van der Waals surface area (Å²) < 4.78 is 18.9. The first kappa shape index (κ1) is 13.8. The van der Waals surface area contributed by atoms with E-state index in [2.05, 4.69) is 10.6 Å². The molecule has 1 aromatic carbocycles. The molecule has 0 saturated carbocycles. The summed E-state index contributed by atoms with van der Waals surface area (Å²) in [5.41, 5.74) is 0.617. The van der Waals surface area contributed by atoms with Gasteiger partial charge in [-0.25, -0.2) is 4.39 Å². The average molecular weight is 266 g/mol. The molecule has 1 aliphatic heterocycles. The Morgan fingerprint density at radius 2 is 2.37 bits per heavy atom. The van der Waals surface area contributed by atoms with Gasteiger partial charge in [0.1, 0.15) is 5.82 Å². The molecule has 1 amide bonds. The minimum Gasteiger partial charge on any atom is -0.382 e. The van der Waals surface area contributed by atoms with Gasteiger partial charge in [0, 0.05) is 25.6 Å². The number of halogens is 1. The third-order valence-corrected chi connectivity index (χ3v) is 3.19. The molecule has 19 heavy (non-hydrogen) atoms. The van der Waals surface area contributed by atoms with Crippen LogP contribution >= 0.6 is 0 Å². The number of rotatable bonds is 5. The third kappa shape index (κ3) is 3.44. The molecule has 1 unspecified atom stereocenters. The number of carbonyl (C=O) groups excluding carboxylic acids is 1. The normalized spacial score (nSPS) is 18.3. The summed E-state index contributed by atoms with van der Waals surface area (Å²) in [7, 11) is 0. The van der Waals surface area contributed by atoms with Gasteiger partial charge in [-0.3, -0.25) is 4.79 Å². The lowest BCUT2D eigenvalue weighted by Crippen LogP contribution is -2.30. The minimum absolute atomic E-state index is 0.248. The Labute approximate surface area is 112 Å². The van der Waals surface area contributed by atoms with Crippen LogP contribution in [0.4, 0.5) is 10.1 Å². The predicted octanol–water partition coefficient (Wildman–Crippen LogP) is 2.02. The number of anilines is 1. The number of para-hydroxylation sites is 1. The Morgan fingerprint density at radius 1 is 1.53 bits per heavy atom. The van der Waals surface area contributed by atoms with E-state index in [-0.39, 0.29) is 11.6 Å². The highest BCUT2D eigenvalue weighted by molar-refractivity contribution is 5.99. The second kappa shape index (κ2) is 6.52. The first-order chi connectivity index (χ1) is 9.22. The van der Waals surface area contributed by atoms with Gasteiger partial charge in [-0.2, -0.15) is 0 Å². The summed E-state index contributed by atoms with van der Waals surface area (Å²) in [5.74, 6) is -0.291. The van der Waals surface area contributed by atoms with Gasteiger partial charge in [-0.15, -0.1) is 0 Å². The van der Waals surface area contributed by atoms with Crippen LogP contribution in [0.25, 0.3) is 0 Å². The quantitative estimate of drug-likeness (QED) is 0.857. The number of carbonyl (C=O) groups is 1. The van der Waals surface area contributed by atoms with E-state index >= 15 is 0 Å².